The van der Waals surface area contributed by atoms with Crippen LogP contribution >= 0.6 is 11.6 Å². The summed E-state index contributed by atoms with van der Waals surface area (Å²) in [4.78, 5) is 14.7. The molecule has 1 heterocycles. The first-order valence-electron chi connectivity index (χ1n) is 11.4. The Morgan fingerprint density at radius 3 is 2.43 bits per heavy atom. The van der Waals surface area contributed by atoms with Crippen LogP contribution in [0.2, 0.25) is 5.02 Å². The van der Waals surface area contributed by atoms with Crippen molar-refractivity contribution in [3.05, 3.63) is 63.7 Å². The number of nitrogens with one attached hydrogen (secondary N) is 1. The molecule has 0 unspecified atom stereocenters. The molecule has 3 rings (SSSR count). The lowest BCUT2D eigenvalue weighted by Gasteiger charge is -2.35. The minimum Gasteiger partial charge on any atom is -0.348 e. The van der Waals surface area contributed by atoms with Crippen molar-refractivity contribution in [1.82, 2.24) is 10.2 Å². The number of carbonyl (C=O) groups excluding carboxylic acids is 1. The van der Waals surface area contributed by atoms with Gasteiger partial charge in [-0.25, -0.2) is 8.42 Å². The van der Waals surface area contributed by atoms with Crippen LogP contribution in [0.3, 0.4) is 0 Å². The second kappa shape index (κ2) is 11.3. The number of benzene rings is 2. The first kappa shape index (κ1) is 27.4. The molecule has 1 amide bonds. The van der Waals surface area contributed by atoms with Crippen molar-refractivity contribution in [3.8, 4) is 0 Å². The quantitative estimate of drug-likeness (QED) is 0.520. The monoisotopic (exact) mass is 531 g/mol. The number of nitrogens with two attached hydrogens (primary N) is 1. The van der Waals surface area contributed by atoms with Crippen molar-refractivity contribution in [3.63, 3.8) is 0 Å². The minimum absolute atomic E-state index is 0.0170. The second-order valence-corrected chi connectivity index (χ2v) is 11.2. The highest BCUT2D eigenvalue weighted by Crippen LogP contribution is 2.37. The van der Waals surface area contributed by atoms with Gasteiger partial charge in [-0.05, 0) is 67.4 Å². The molecule has 1 fully saturated rings. The van der Waals surface area contributed by atoms with E-state index in [-0.39, 0.29) is 45.5 Å². The fourth-order valence-corrected chi connectivity index (χ4v) is 5.67. The fourth-order valence-electron chi connectivity index (χ4n) is 4.36. The van der Waals surface area contributed by atoms with Crippen molar-refractivity contribution >= 4 is 27.3 Å². The molecule has 6 nitrogen and oxygen atoms in total. The molecule has 0 saturated carbocycles. The van der Waals surface area contributed by atoms with E-state index in [0.29, 0.717) is 13.1 Å². The maximum Gasteiger partial charge on any atom is 0.416 e. The molecule has 192 valence electrons. The Balaban J connectivity index is 1.88. The van der Waals surface area contributed by atoms with Gasteiger partial charge in [-0.2, -0.15) is 13.2 Å². The number of piperidine rings is 1. The Labute approximate surface area is 208 Å². The standard InChI is InChI=1S/C24H29ClF3N3O3S/c1-2-35(33,34)22-9-7-18(25)12-17(22)15-30-23(32)16-6-8-19(20(13-16)24(26,27)28)21(14-29)31-10-4-3-5-11-31/h6-9,12-13,21H,2-5,10-11,14-15,29H2,1H3,(H,30,32)/t21-/m0/s1. The Morgan fingerprint density at radius 2 is 1.83 bits per heavy atom. The van der Waals surface area contributed by atoms with Crippen LogP contribution in [0.4, 0.5) is 13.2 Å². The number of nitrogens with zero attached hydrogens (tertiary/aromatic N) is 1. The van der Waals surface area contributed by atoms with E-state index in [4.69, 9.17) is 17.3 Å². The number of alkyl halides is 3. The van der Waals surface area contributed by atoms with Crippen molar-refractivity contribution in [2.45, 2.75) is 49.8 Å². The molecule has 11 heteroatoms. The highest BCUT2D eigenvalue weighted by Gasteiger charge is 2.37. The third-order valence-corrected chi connectivity index (χ3v) is 8.28. The molecule has 1 atom stereocenters. The second-order valence-electron chi connectivity index (χ2n) is 8.49. The van der Waals surface area contributed by atoms with Gasteiger partial charge in [0.15, 0.2) is 9.84 Å². The predicted octanol–water partition coefficient (Wildman–Crippen LogP) is 4.57. The first-order valence-corrected chi connectivity index (χ1v) is 13.5. The predicted molar refractivity (Wildman–Crippen MR) is 129 cm³/mol. The average molecular weight is 532 g/mol. The van der Waals surface area contributed by atoms with E-state index in [2.05, 4.69) is 5.32 Å². The van der Waals surface area contributed by atoms with Crippen LogP contribution < -0.4 is 11.1 Å². The zero-order valence-corrected chi connectivity index (χ0v) is 20.9. The summed E-state index contributed by atoms with van der Waals surface area (Å²) in [5.41, 5.74) is 5.10. The summed E-state index contributed by atoms with van der Waals surface area (Å²) in [6.07, 6.45) is -1.84. The molecule has 0 aliphatic carbocycles. The lowest BCUT2D eigenvalue weighted by Crippen LogP contribution is -2.38. The third-order valence-electron chi connectivity index (χ3n) is 6.21. The van der Waals surface area contributed by atoms with Crippen molar-refractivity contribution in [1.29, 1.82) is 0 Å². The first-order chi connectivity index (χ1) is 16.5. The van der Waals surface area contributed by atoms with Gasteiger partial charge in [-0.15, -0.1) is 0 Å². The number of halogens is 4. The highest BCUT2D eigenvalue weighted by molar-refractivity contribution is 7.91. The normalized spacial score (nSPS) is 16.2. The average Bonchev–Trinajstić information content (AvgIpc) is 2.83. The number of carbonyl (C=O) groups is 1. The molecule has 0 aromatic heterocycles. The number of sulfone groups is 1. The van der Waals surface area contributed by atoms with Crippen LogP contribution in [0.5, 0.6) is 0 Å². The van der Waals surface area contributed by atoms with Gasteiger partial charge in [-0.1, -0.05) is 31.0 Å². The Kier molecular flexibility index (Phi) is 8.85. The maximum atomic E-state index is 14.0. The van der Waals surface area contributed by atoms with Gasteiger partial charge in [0.25, 0.3) is 5.91 Å². The van der Waals surface area contributed by atoms with E-state index in [1.165, 1.54) is 37.3 Å². The van der Waals surface area contributed by atoms with E-state index in [9.17, 15) is 26.4 Å². The lowest BCUT2D eigenvalue weighted by atomic mass is 9.94. The van der Waals surface area contributed by atoms with E-state index in [1.54, 1.807) is 0 Å². The molecule has 1 aliphatic heterocycles. The molecule has 2 aromatic carbocycles. The van der Waals surface area contributed by atoms with Gasteiger partial charge in [0.05, 0.1) is 16.2 Å². The summed E-state index contributed by atoms with van der Waals surface area (Å²) in [7, 11) is -3.59. The topological polar surface area (TPSA) is 92.5 Å². The zero-order valence-electron chi connectivity index (χ0n) is 19.4. The van der Waals surface area contributed by atoms with E-state index < -0.39 is 33.5 Å². The third kappa shape index (κ3) is 6.55. The molecule has 0 radical (unpaired) electrons. The summed E-state index contributed by atoms with van der Waals surface area (Å²) in [5, 5.41) is 2.80. The Bertz CT molecular complexity index is 1170. The molecule has 1 saturated heterocycles. The molecular formula is C24H29ClF3N3O3S. The summed E-state index contributed by atoms with van der Waals surface area (Å²) in [5.74, 6) is -0.908. The smallest absolute Gasteiger partial charge is 0.348 e. The Morgan fingerprint density at radius 1 is 1.14 bits per heavy atom. The van der Waals surface area contributed by atoms with Crippen LogP contribution in [0, 0.1) is 0 Å². The highest BCUT2D eigenvalue weighted by atomic mass is 35.5. The molecular weight excluding hydrogens is 503 g/mol. The number of likely N-dealkylation sites (tertiary alicyclic amines) is 1. The van der Waals surface area contributed by atoms with Crippen LogP contribution in [0.1, 0.15) is 59.3 Å². The fraction of sp³-hybridized carbons (Fsp3) is 0.458. The van der Waals surface area contributed by atoms with Crippen LogP contribution in [0.15, 0.2) is 41.3 Å². The van der Waals surface area contributed by atoms with Crippen molar-refractivity contribution in [2.75, 3.05) is 25.4 Å². The summed E-state index contributed by atoms with van der Waals surface area (Å²) in [6.45, 7) is 2.65. The van der Waals surface area contributed by atoms with Gasteiger partial charge >= 0.3 is 6.18 Å². The van der Waals surface area contributed by atoms with E-state index >= 15 is 0 Å². The van der Waals surface area contributed by atoms with Gasteiger partial charge in [0.1, 0.15) is 0 Å². The zero-order chi connectivity index (χ0) is 25.8. The minimum atomic E-state index is -4.68. The van der Waals surface area contributed by atoms with Crippen molar-refractivity contribution in [2.24, 2.45) is 5.73 Å². The molecule has 0 bridgehead atoms. The number of rotatable bonds is 8. The maximum absolute atomic E-state index is 14.0. The summed E-state index contributed by atoms with van der Waals surface area (Å²) >= 11 is 5.99. The lowest BCUT2D eigenvalue weighted by molar-refractivity contribution is -0.138. The van der Waals surface area contributed by atoms with Crippen molar-refractivity contribution < 1.29 is 26.4 Å². The molecule has 0 spiro atoms. The van der Waals surface area contributed by atoms with Gasteiger partial charge < -0.3 is 11.1 Å². The summed E-state index contributed by atoms with van der Waals surface area (Å²) in [6, 6.07) is 7.09. The van der Waals surface area contributed by atoms with Crippen LogP contribution in [-0.2, 0) is 22.6 Å². The van der Waals surface area contributed by atoms with E-state index in [0.717, 1.165) is 25.3 Å². The summed E-state index contributed by atoms with van der Waals surface area (Å²) < 4.78 is 66.7. The number of hydrogen-bond acceptors (Lipinski definition) is 5. The number of amides is 1. The van der Waals surface area contributed by atoms with Gasteiger partial charge in [0, 0.05) is 29.7 Å². The SMILES string of the molecule is CCS(=O)(=O)c1ccc(Cl)cc1CNC(=O)c1ccc([C@H](CN)N2CCCCC2)c(C(F)(F)F)c1. The molecule has 2 aromatic rings. The Hall–Kier alpha value is -2.14. The van der Waals surface area contributed by atoms with E-state index in [1.807, 2.05) is 4.90 Å². The number of hydrogen-bond donors (Lipinski definition) is 2. The van der Waals surface area contributed by atoms with Crippen LogP contribution in [0.25, 0.3) is 0 Å². The van der Waals surface area contributed by atoms with Gasteiger partial charge in [0.2, 0.25) is 0 Å². The largest absolute Gasteiger partial charge is 0.416 e. The van der Waals surface area contributed by atoms with Gasteiger partial charge in [-0.3, -0.25) is 9.69 Å². The molecule has 1 aliphatic rings. The molecule has 3 N–H and O–H groups in total. The molecule has 35 heavy (non-hydrogen) atoms. The van der Waals surface area contributed by atoms with Crippen LogP contribution in [-0.4, -0.2) is 44.6 Å².